The summed E-state index contributed by atoms with van der Waals surface area (Å²) in [5, 5.41) is 4.41. The fraction of sp³-hybridized carbons (Fsp3) is 0.375. The van der Waals surface area contributed by atoms with Crippen molar-refractivity contribution in [1.82, 2.24) is 9.97 Å². The van der Waals surface area contributed by atoms with Gasteiger partial charge in [-0.25, -0.2) is 9.97 Å². The maximum absolute atomic E-state index is 11.6. The van der Waals surface area contributed by atoms with Crippen molar-refractivity contribution in [2.45, 2.75) is 51.0 Å². The maximum Gasteiger partial charge on any atom is 0.162 e. The number of nitrogens with one attached hydrogen (secondary N) is 1. The standard InChI is InChI=1S/C24H25N3O3/c1-29-22-13-21-19(12-23(22)30-17-10-8-16(28)9-11-17)24(26-14-25-21)27-20-7-3-5-15-4-2-6-18(15)20/h3,5,7,12-14,17H,2,4,6,8-11H2,1H3,(H,25,26,27). The average molecular weight is 403 g/mol. The van der Waals surface area contributed by atoms with Crippen LogP contribution in [0.2, 0.25) is 0 Å². The number of ketones is 1. The van der Waals surface area contributed by atoms with Crippen molar-refractivity contribution in [2.24, 2.45) is 0 Å². The number of carbonyl (C=O) groups excluding carboxylic acids is 1. The predicted molar refractivity (Wildman–Crippen MR) is 116 cm³/mol. The van der Waals surface area contributed by atoms with E-state index < -0.39 is 0 Å². The van der Waals surface area contributed by atoms with Gasteiger partial charge in [0.25, 0.3) is 0 Å². The summed E-state index contributed by atoms with van der Waals surface area (Å²) in [6, 6.07) is 10.3. The molecule has 1 heterocycles. The molecule has 0 spiro atoms. The van der Waals surface area contributed by atoms with E-state index in [2.05, 4.69) is 33.5 Å². The summed E-state index contributed by atoms with van der Waals surface area (Å²) >= 11 is 0. The largest absolute Gasteiger partial charge is 0.493 e. The molecule has 0 unspecified atom stereocenters. The number of rotatable bonds is 5. The number of benzene rings is 2. The van der Waals surface area contributed by atoms with E-state index in [-0.39, 0.29) is 6.10 Å². The second-order valence-corrected chi connectivity index (χ2v) is 8.02. The van der Waals surface area contributed by atoms with E-state index >= 15 is 0 Å². The Bertz CT molecular complexity index is 1100. The first kappa shape index (κ1) is 18.9. The molecule has 6 nitrogen and oxygen atoms in total. The summed E-state index contributed by atoms with van der Waals surface area (Å²) in [4.78, 5) is 20.5. The van der Waals surface area contributed by atoms with Gasteiger partial charge in [-0.15, -0.1) is 0 Å². The fourth-order valence-electron chi connectivity index (χ4n) is 4.49. The van der Waals surface area contributed by atoms with E-state index in [1.165, 1.54) is 17.5 Å². The molecule has 2 aromatic carbocycles. The lowest BCUT2D eigenvalue weighted by molar-refractivity contribution is -0.121. The molecule has 6 heteroatoms. The molecule has 0 saturated heterocycles. The summed E-state index contributed by atoms with van der Waals surface area (Å²) in [7, 11) is 1.63. The number of Topliss-reactive ketones (excluding diaryl/α,β-unsaturated/α-hetero) is 1. The first-order chi connectivity index (χ1) is 14.7. The van der Waals surface area contributed by atoms with Gasteiger partial charge in [-0.1, -0.05) is 12.1 Å². The lowest BCUT2D eigenvalue weighted by Gasteiger charge is -2.24. The van der Waals surface area contributed by atoms with Crippen molar-refractivity contribution in [1.29, 1.82) is 0 Å². The topological polar surface area (TPSA) is 73.3 Å². The molecule has 1 saturated carbocycles. The number of aryl methyl sites for hydroxylation is 1. The average Bonchev–Trinajstić information content (AvgIpc) is 3.25. The van der Waals surface area contributed by atoms with Gasteiger partial charge < -0.3 is 14.8 Å². The van der Waals surface area contributed by atoms with Crippen molar-refractivity contribution in [3.05, 3.63) is 47.8 Å². The predicted octanol–water partition coefficient (Wildman–Crippen LogP) is 4.76. The molecule has 2 aliphatic rings. The van der Waals surface area contributed by atoms with E-state index in [0.717, 1.165) is 48.1 Å². The summed E-state index contributed by atoms with van der Waals surface area (Å²) in [5.41, 5.74) is 4.69. The van der Waals surface area contributed by atoms with Crippen molar-refractivity contribution in [3.8, 4) is 11.5 Å². The van der Waals surface area contributed by atoms with Crippen LogP contribution in [-0.2, 0) is 17.6 Å². The van der Waals surface area contributed by atoms with Crippen LogP contribution in [0.25, 0.3) is 10.9 Å². The molecule has 1 N–H and O–H groups in total. The van der Waals surface area contributed by atoms with Gasteiger partial charge in [0.15, 0.2) is 11.5 Å². The van der Waals surface area contributed by atoms with Crippen LogP contribution in [0.15, 0.2) is 36.7 Å². The van der Waals surface area contributed by atoms with E-state index in [1.807, 2.05) is 12.1 Å². The molecule has 1 aromatic heterocycles. The normalized spacial score (nSPS) is 16.5. The van der Waals surface area contributed by atoms with Crippen molar-refractivity contribution in [2.75, 3.05) is 12.4 Å². The second-order valence-electron chi connectivity index (χ2n) is 8.02. The van der Waals surface area contributed by atoms with Crippen molar-refractivity contribution < 1.29 is 14.3 Å². The molecule has 0 bridgehead atoms. The molecule has 0 atom stereocenters. The van der Waals surface area contributed by atoms with Crippen LogP contribution in [0.3, 0.4) is 0 Å². The summed E-state index contributed by atoms with van der Waals surface area (Å²) in [6.45, 7) is 0. The number of methoxy groups -OCH3 is 1. The van der Waals surface area contributed by atoms with Gasteiger partial charge in [-0.05, 0) is 55.4 Å². The molecule has 0 aliphatic heterocycles. The van der Waals surface area contributed by atoms with Gasteiger partial charge in [-0.2, -0.15) is 0 Å². The highest BCUT2D eigenvalue weighted by Gasteiger charge is 2.22. The first-order valence-electron chi connectivity index (χ1n) is 10.6. The Morgan fingerprint density at radius 3 is 2.73 bits per heavy atom. The Balaban J connectivity index is 1.50. The summed E-state index contributed by atoms with van der Waals surface area (Å²) < 4.78 is 11.8. The highest BCUT2D eigenvalue weighted by Crippen LogP contribution is 2.37. The van der Waals surface area contributed by atoms with Gasteiger partial charge in [0.05, 0.1) is 18.7 Å². The molecular weight excluding hydrogens is 378 g/mol. The number of aromatic nitrogens is 2. The summed E-state index contributed by atoms with van der Waals surface area (Å²) in [6.07, 6.45) is 7.65. The minimum Gasteiger partial charge on any atom is -0.493 e. The summed E-state index contributed by atoms with van der Waals surface area (Å²) in [5.74, 6) is 2.38. The third-order valence-corrected chi connectivity index (χ3v) is 6.10. The van der Waals surface area contributed by atoms with Crippen LogP contribution >= 0.6 is 0 Å². The Hall–Kier alpha value is -3.15. The van der Waals surface area contributed by atoms with Gasteiger partial charge in [0.1, 0.15) is 17.9 Å². The minimum absolute atomic E-state index is 0.0208. The van der Waals surface area contributed by atoms with Crippen LogP contribution in [-0.4, -0.2) is 29.0 Å². The van der Waals surface area contributed by atoms with Crippen LogP contribution in [0.4, 0.5) is 11.5 Å². The fourth-order valence-corrected chi connectivity index (χ4v) is 4.49. The molecule has 0 amide bonds. The van der Waals surface area contributed by atoms with Crippen molar-refractivity contribution in [3.63, 3.8) is 0 Å². The number of hydrogen-bond acceptors (Lipinski definition) is 6. The number of fused-ring (bicyclic) bond motifs is 2. The zero-order chi connectivity index (χ0) is 20.5. The van der Waals surface area contributed by atoms with Crippen LogP contribution < -0.4 is 14.8 Å². The third-order valence-electron chi connectivity index (χ3n) is 6.10. The van der Waals surface area contributed by atoms with E-state index in [1.54, 1.807) is 13.4 Å². The van der Waals surface area contributed by atoms with E-state index in [0.29, 0.717) is 30.1 Å². The molecule has 154 valence electrons. The Morgan fingerprint density at radius 2 is 1.90 bits per heavy atom. The molecular formula is C24H25N3O3. The molecule has 2 aliphatic carbocycles. The Morgan fingerprint density at radius 1 is 1.03 bits per heavy atom. The van der Waals surface area contributed by atoms with Gasteiger partial charge in [0.2, 0.25) is 0 Å². The van der Waals surface area contributed by atoms with Gasteiger partial charge in [0, 0.05) is 30.0 Å². The van der Waals surface area contributed by atoms with Gasteiger partial charge >= 0.3 is 0 Å². The van der Waals surface area contributed by atoms with Crippen LogP contribution in [0, 0.1) is 0 Å². The van der Waals surface area contributed by atoms with E-state index in [4.69, 9.17) is 9.47 Å². The second kappa shape index (κ2) is 7.94. The number of hydrogen-bond donors (Lipinski definition) is 1. The monoisotopic (exact) mass is 403 g/mol. The quantitative estimate of drug-likeness (QED) is 0.662. The number of ether oxygens (including phenoxy) is 2. The lowest BCUT2D eigenvalue weighted by atomic mass is 9.96. The highest BCUT2D eigenvalue weighted by atomic mass is 16.5. The highest BCUT2D eigenvalue weighted by molar-refractivity contribution is 5.93. The molecule has 30 heavy (non-hydrogen) atoms. The SMILES string of the molecule is COc1cc2ncnc(Nc3cccc4c3CCC4)c2cc1OC1CCC(=O)CC1. The number of nitrogens with zero attached hydrogens (tertiary/aromatic N) is 2. The maximum atomic E-state index is 11.6. The molecule has 1 fully saturated rings. The Kier molecular flexibility index (Phi) is 4.99. The van der Waals surface area contributed by atoms with Crippen molar-refractivity contribution >= 4 is 28.2 Å². The number of carbonyl (C=O) groups is 1. The molecule has 3 aromatic rings. The van der Waals surface area contributed by atoms with Gasteiger partial charge in [-0.3, -0.25) is 4.79 Å². The molecule has 5 rings (SSSR count). The third kappa shape index (κ3) is 3.58. The zero-order valence-corrected chi connectivity index (χ0v) is 17.1. The van der Waals surface area contributed by atoms with Crippen LogP contribution in [0.1, 0.15) is 43.2 Å². The smallest absolute Gasteiger partial charge is 0.162 e. The minimum atomic E-state index is 0.0208. The lowest BCUT2D eigenvalue weighted by Crippen LogP contribution is -2.24. The molecule has 0 radical (unpaired) electrons. The van der Waals surface area contributed by atoms with E-state index in [9.17, 15) is 4.79 Å². The Labute approximate surface area is 175 Å². The van der Waals surface area contributed by atoms with Crippen LogP contribution in [0.5, 0.6) is 11.5 Å². The number of anilines is 2. The first-order valence-corrected chi connectivity index (χ1v) is 10.6. The zero-order valence-electron chi connectivity index (χ0n) is 17.1.